The van der Waals surface area contributed by atoms with Gasteiger partial charge in [0.05, 0.1) is 17.4 Å². The minimum Gasteiger partial charge on any atom is -0.506 e. The number of benzene rings is 1. The Bertz CT molecular complexity index is 466. The van der Waals surface area contributed by atoms with Crippen LogP contribution >= 0.6 is 0 Å². The van der Waals surface area contributed by atoms with E-state index in [1.807, 2.05) is 0 Å². The number of hydrogen-bond donors (Lipinski definition) is 3. The molecule has 4 nitrogen and oxygen atoms in total. The van der Waals surface area contributed by atoms with Crippen LogP contribution in [0, 0.1) is 0 Å². The quantitative estimate of drug-likeness (QED) is 0.323. The van der Waals surface area contributed by atoms with Gasteiger partial charge < -0.3 is 15.9 Å². The Kier molecular flexibility index (Phi) is 3.91. The first-order valence-corrected chi connectivity index (χ1v) is 5.39. The number of rotatable bonds is 4. The number of carbonyl (C=O) groups excluding carboxylic acids is 1. The predicted molar refractivity (Wildman–Crippen MR) is 66.9 cm³/mol. The summed E-state index contributed by atoms with van der Waals surface area (Å²) in [5.74, 6) is -0.525. The van der Waals surface area contributed by atoms with Crippen molar-refractivity contribution in [1.29, 1.82) is 0 Å². The number of nitrogen functional groups attached to an aromatic ring is 1. The number of phenols is 1. The maximum atomic E-state index is 12.0. The highest BCUT2D eigenvalue weighted by Gasteiger charge is 2.21. The molecule has 0 heterocycles. The smallest absolute Gasteiger partial charge is 0.190 e. The molecule has 17 heavy (non-hydrogen) atoms. The first-order chi connectivity index (χ1) is 7.90. The van der Waals surface area contributed by atoms with Gasteiger partial charge in [0.1, 0.15) is 5.75 Å². The van der Waals surface area contributed by atoms with Gasteiger partial charge in [-0.15, -0.1) is 0 Å². The molecule has 4 heteroatoms. The average Bonchev–Trinajstić information content (AvgIpc) is 2.30. The summed E-state index contributed by atoms with van der Waals surface area (Å²) in [5.41, 5.74) is 6.56. The zero-order chi connectivity index (χ0) is 13.2. The number of phenolic OH excluding ortho intramolecular Hbond substituents is 1. The fourth-order valence-corrected chi connectivity index (χ4v) is 1.59. The van der Waals surface area contributed by atoms with Gasteiger partial charge in [0, 0.05) is 0 Å². The number of Topliss-reactive ketones (excluding diaryl/α,β-unsaturated/α-hetero) is 1. The monoisotopic (exact) mass is 235 g/mol. The minimum absolute atomic E-state index is 0.0111. The van der Waals surface area contributed by atoms with Crippen LogP contribution in [0.1, 0.15) is 42.3 Å². The number of carbonyl (C=O) groups is 1. The van der Waals surface area contributed by atoms with E-state index in [0.717, 1.165) is 0 Å². The summed E-state index contributed by atoms with van der Waals surface area (Å²) in [6.07, 6.45) is -0.322. The van der Waals surface area contributed by atoms with Gasteiger partial charge in [-0.05, 0) is 30.5 Å². The fourth-order valence-electron chi connectivity index (χ4n) is 1.59. The molecule has 0 spiro atoms. The Hall–Kier alpha value is -1.81. The van der Waals surface area contributed by atoms with Gasteiger partial charge in [0.25, 0.3) is 0 Å². The van der Waals surface area contributed by atoms with Crippen LogP contribution in [0.15, 0.2) is 24.3 Å². The zero-order valence-electron chi connectivity index (χ0n) is 10.0. The third kappa shape index (κ3) is 2.47. The topological polar surface area (TPSA) is 83.5 Å². The molecule has 1 aromatic rings. The molecule has 1 unspecified atom stereocenters. The summed E-state index contributed by atoms with van der Waals surface area (Å²) in [5, 5.41) is 19.4. The van der Waals surface area contributed by atoms with Crippen LogP contribution in [0.4, 0.5) is 5.69 Å². The predicted octanol–water partition coefficient (Wildman–Crippen LogP) is 2.18. The van der Waals surface area contributed by atoms with E-state index in [1.165, 1.54) is 12.1 Å². The molecule has 0 amide bonds. The Balaban J connectivity index is 3.47. The third-order valence-corrected chi connectivity index (χ3v) is 2.62. The molecule has 0 aliphatic heterocycles. The maximum absolute atomic E-state index is 12.0. The maximum Gasteiger partial charge on any atom is 0.190 e. The summed E-state index contributed by atoms with van der Waals surface area (Å²) in [4.78, 5) is 12.0. The lowest BCUT2D eigenvalue weighted by Crippen LogP contribution is -2.11. The van der Waals surface area contributed by atoms with Crippen molar-refractivity contribution in [1.82, 2.24) is 0 Å². The number of aromatic hydroxyl groups is 1. The highest BCUT2D eigenvalue weighted by molar-refractivity contribution is 6.12. The Morgan fingerprint density at radius 3 is 2.59 bits per heavy atom. The number of allylic oxidation sites excluding steroid dienone is 1. The standard InChI is InChI=1S/C13H17NO3/c1-4-9(15)8-5-6-10(16)12(14)11(8)13(17)7(2)3/h5-6,9,15-16H,2,4,14H2,1,3H3. The third-order valence-electron chi connectivity index (χ3n) is 2.62. The number of aliphatic hydroxyl groups excluding tert-OH is 1. The molecule has 0 aromatic heterocycles. The number of nitrogens with two attached hydrogens (primary N) is 1. The van der Waals surface area contributed by atoms with Gasteiger partial charge in [0.2, 0.25) is 0 Å². The number of hydrogen-bond acceptors (Lipinski definition) is 4. The van der Waals surface area contributed by atoms with Crippen molar-refractivity contribution < 1.29 is 15.0 Å². The summed E-state index contributed by atoms with van der Waals surface area (Å²) >= 11 is 0. The SMILES string of the molecule is C=C(C)C(=O)c1c(C(O)CC)ccc(O)c1N. The van der Waals surface area contributed by atoms with Crippen LogP contribution < -0.4 is 5.73 Å². The van der Waals surface area contributed by atoms with Gasteiger partial charge in [-0.3, -0.25) is 4.79 Å². The molecular formula is C13H17NO3. The molecule has 0 aliphatic carbocycles. The van der Waals surface area contributed by atoms with E-state index in [0.29, 0.717) is 17.6 Å². The van der Waals surface area contributed by atoms with Crippen molar-refractivity contribution in [2.75, 3.05) is 5.73 Å². The van der Waals surface area contributed by atoms with Crippen LogP contribution in [0.2, 0.25) is 0 Å². The second-order valence-electron chi connectivity index (χ2n) is 4.00. The molecule has 0 aliphatic rings. The molecule has 0 radical (unpaired) electrons. The molecule has 0 fully saturated rings. The second kappa shape index (κ2) is 5.01. The number of ketones is 1. The summed E-state index contributed by atoms with van der Waals surface area (Å²) in [6, 6.07) is 2.88. The number of aliphatic hydroxyl groups is 1. The van der Waals surface area contributed by atoms with E-state index in [4.69, 9.17) is 5.73 Å². The molecule has 1 atom stereocenters. The highest BCUT2D eigenvalue weighted by Crippen LogP contribution is 2.33. The van der Waals surface area contributed by atoms with Gasteiger partial charge >= 0.3 is 0 Å². The Morgan fingerprint density at radius 2 is 2.12 bits per heavy atom. The van der Waals surface area contributed by atoms with Gasteiger partial charge in [-0.1, -0.05) is 19.6 Å². The van der Waals surface area contributed by atoms with Gasteiger partial charge in [-0.25, -0.2) is 0 Å². The lowest BCUT2D eigenvalue weighted by molar-refractivity contribution is 0.102. The Morgan fingerprint density at radius 1 is 1.53 bits per heavy atom. The van der Waals surface area contributed by atoms with Gasteiger partial charge in [0.15, 0.2) is 5.78 Å². The van der Waals surface area contributed by atoms with Crippen molar-refractivity contribution in [3.05, 3.63) is 35.4 Å². The number of anilines is 1. The van der Waals surface area contributed by atoms with Gasteiger partial charge in [-0.2, -0.15) is 0 Å². The summed E-state index contributed by atoms with van der Waals surface area (Å²) in [6.45, 7) is 6.92. The van der Waals surface area contributed by atoms with E-state index in [2.05, 4.69) is 6.58 Å². The van der Waals surface area contributed by atoms with Crippen molar-refractivity contribution in [2.45, 2.75) is 26.4 Å². The van der Waals surface area contributed by atoms with Crippen molar-refractivity contribution >= 4 is 11.5 Å². The second-order valence-corrected chi connectivity index (χ2v) is 4.00. The molecule has 0 bridgehead atoms. The first kappa shape index (κ1) is 13.3. The molecule has 92 valence electrons. The van der Waals surface area contributed by atoms with Crippen LogP contribution in [-0.4, -0.2) is 16.0 Å². The average molecular weight is 235 g/mol. The largest absolute Gasteiger partial charge is 0.506 e. The van der Waals surface area contributed by atoms with E-state index < -0.39 is 6.10 Å². The molecule has 4 N–H and O–H groups in total. The lowest BCUT2D eigenvalue weighted by atomic mass is 9.93. The highest BCUT2D eigenvalue weighted by atomic mass is 16.3. The first-order valence-electron chi connectivity index (χ1n) is 5.39. The Labute approximate surface area is 100 Å². The zero-order valence-corrected chi connectivity index (χ0v) is 10.0. The van der Waals surface area contributed by atoms with E-state index >= 15 is 0 Å². The summed E-state index contributed by atoms with van der Waals surface area (Å²) in [7, 11) is 0. The van der Waals surface area contributed by atoms with Crippen LogP contribution in [0.5, 0.6) is 5.75 Å². The normalized spacial score (nSPS) is 12.2. The van der Waals surface area contributed by atoms with Crippen molar-refractivity contribution in [2.24, 2.45) is 0 Å². The molecule has 1 rings (SSSR count). The van der Waals surface area contributed by atoms with Crippen LogP contribution in [0.25, 0.3) is 0 Å². The van der Waals surface area contributed by atoms with Crippen LogP contribution in [-0.2, 0) is 0 Å². The van der Waals surface area contributed by atoms with E-state index in [-0.39, 0.29) is 22.8 Å². The fraction of sp³-hybridized carbons (Fsp3) is 0.308. The molecule has 0 saturated carbocycles. The lowest BCUT2D eigenvalue weighted by Gasteiger charge is -2.16. The van der Waals surface area contributed by atoms with Crippen molar-refractivity contribution in [3.8, 4) is 5.75 Å². The van der Waals surface area contributed by atoms with Crippen molar-refractivity contribution in [3.63, 3.8) is 0 Å². The van der Waals surface area contributed by atoms with Crippen LogP contribution in [0.3, 0.4) is 0 Å². The molecular weight excluding hydrogens is 218 g/mol. The van der Waals surface area contributed by atoms with E-state index in [1.54, 1.807) is 13.8 Å². The molecule has 0 saturated heterocycles. The van der Waals surface area contributed by atoms with E-state index in [9.17, 15) is 15.0 Å². The molecule has 1 aromatic carbocycles. The summed E-state index contributed by atoms with van der Waals surface area (Å²) < 4.78 is 0. The minimum atomic E-state index is -0.781.